The molecule has 0 saturated heterocycles. The third kappa shape index (κ3) is 5.01. The van der Waals surface area contributed by atoms with Gasteiger partial charge in [-0.1, -0.05) is 23.7 Å². The van der Waals surface area contributed by atoms with Gasteiger partial charge in [-0.25, -0.2) is 23.3 Å². The van der Waals surface area contributed by atoms with Crippen LogP contribution in [-0.4, -0.2) is 41.4 Å². The number of carbonyl (C=O) groups is 1. The van der Waals surface area contributed by atoms with Gasteiger partial charge in [-0.15, -0.1) is 0 Å². The first-order chi connectivity index (χ1) is 13.6. The minimum Gasteiger partial charge on any atom is -0.286 e. The van der Waals surface area contributed by atoms with Crippen LogP contribution in [0.4, 0.5) is 0 Å². The number of aryl methyl sites for hydroxylation is 1. The van der Waals surface area contributed by atoms with Gasteiger partial charge in [0.2, 0.25) is 15.9 Å². The Balaban J connectivity index is 2.01. The highest BCUT2D eigenvalue weighted by Gasteiger charge is 2.15. The first-order valence-electron chi connectivity index (χ1n) is 8.59. The second kappa shape index (κ2) is 8.34. The van der Waals surface area contributed by atoms with Gasteiger partial charge in [-0.2, -0.15) is 5.10 Å². The summed E-state index contributed by atoms with van der Waals surface area (Å²) in [6.45, 7) is 0. The SMILES string of the molecule is CN(O)C(=O)CCc1cc(-c2ccc(Cl)cc2)n(-c2ccc(S(N)(=O)=O)cc2)n1. The summed E-state index contributed by atoms with van der Waals surface area (Å²) in [6.07, 6.45) is 0.418. The molecule has 3 aromatic rings. The molecular weight excluding hydrogens is 416 g/mol. The molecule has 10 heteroatoms. The molecule has 1 aromatic heterocycles. The van der Waals surface area contributed by atoms with Crippen molar-refractivity contribution in [1.82, 2.24) is 14.8 Å². The quantitative estimate of drug-likeness (QED) is 0.456. The van der Waals surface area contributed by atoms with Crippen LogP contribution in [0.25, 0.3) is 16.9 Å². The van der Waals surface area contributed by atoms with E-state index >= 15 is 0 Å². The van der Waals surface area contributed by atoms with Crippen molar-refractivity contribution in [2.45, 2.75) is 17.7 Å². The first kappa shape index (κ1) is 21.0. The molecule has 3 rings (SSSR count). The third-order valence-corrected chi connectivity index (χ3v) is 5.45. The molecular formula is C19H19ClN4O4S. The van der Waals surface area contributed by atoms with Gasteiger partial charge in [0.25, 0.3) is 0 Å². The number of sulfonamides is 1. The van der Waals surface area contributed by atoms with Crippen molar-refractivity contribution in [3.05, 3.63) is 65.3 Å². The Labute approximate surface area is 173 Å². The molecule has 29 heavy (non-hydrogen) atoms. The van der Waals surface area contributed by atoms with E-state index in [9.17, 15) is 18.4 Å². The lowest BCUT2D eigenvalue weighted by atomic mass is 10.1. The van der Waals surface area contributed by atoms with Gasteiger partial charge in [0.15, 0.2) is 0 Å². The number of halogens is 1. The Morgan fingerprint density at radius 3 is 2.34 bits per heavy atom. The number of hydrogen-bond donors (Lipinski definition) is 2. The van der Waals surface area contributed by atoms with E-state index in [0.717, 1.165) is 11.3 Å². The van der Waals surface area contributed by atoms with Crippen molar-refractivity contribution < 1.29 is 18.4 Å². The van der Waals surface area contributed by atoms with E-state index in [0.29, 0.717) is 27.9 Å². The highest BCUT2D eigenvalue weighted by atomic mass is 35.5. The van der Waals surface area contributed by atoms with Crippen molar-refractivity contribution >= 4 is 27.5 Å². The van der Waals surface area contributed by atoms with Gasteiger partial charge in [0.05, 0.1) is 22.0 Å². The number of hydrogen-bond acceptors (Lipinski definition) is 5. The van der Waals surface area contributed by atoms with Crippen molar-refractivity contribution in [3.8, 4) is 16.9 Å². The topological polar surface area (TPSA) is 119 Å². The zero-order valence-electron chi connectivity index (χ0n) is 15.5. The van der Waals surface area contributed by atoms with Crippen LogP contribution in [0.15, 0.2) is 59.5 Å². The molecule has 0 spiro atoms. The van der Waals surface area contributed by atoms with Crippen LogP contribution in [-0.2, 0) is 21.2 Å². The Morgan fingerprint density at radius 2 is 1.79 bits per heavy atom. The van der Waals surface area contributed by atoms with Gasteiger partial charge in [-0.3, -0.25) is 10.0 Å². The maximum absolute atomic E-state index is 11.7. The van der Waals surface area contributed by atoms with E-state index in [1.165, 1.54) is 19.2 Å². The van der Waals surface area contributed by atoms with Crippen LogP contribution in [0.5, 0.6) is 0 Å². The summed E-state index contributed by atoms with van der Waals surface area (Å²) < 4.78 is 24.6. The number of rotatable bonds is 6. The largest absolute Gasteiger partial charge is 0.286 e. The molecule has 0 saturated carbocycles. The molecule has 0 unspecified atom stereocenters. The number of nitrogens with zero attached hydrogens (tertiary/aromatic N) is 3. The number of amides is 1. The molecule has 1 heterocycles. The highest BCUT2D eigenvalue weighted by Crippen LogP contribution is 2.26. The maximum Gasteiger partial charge on any atom is 0.246 e. The lowest BCUT2D eigenvalue weighted by Gasteiger charge is -2.08. The number of carbonyl (C=O) groups excluding carboxylic acids is 1. The zero-order valence-corrected chi connectivity index (χ0v) is 17.1. The van der Waals surface area contributed by atoms with E-state index in [1.54, 1.807) is 28.9 Å². The average Bonchev–Trinajstić information content (AvgIpc) is 3.10. The van der Waals surface area contributed by atoms with E-state index in [1.807, 2.05) is 18.2 Å². The number of primary sulfonamides is 1. The summed E-state index contributed by atoms with van der Waals surface area (Å²) in [4.78, 5) is 11.7. The summed E-state index contributed by atoms with van der Waals surface area (Å²) in [7, 11) is -2.53. The maximum atomic E-state index is 11.7. The number of nitrogens with two attached hydrogens (primary N) is 1. The van der Waals surface area contributed by atoms with Crippen LogP contribution in [0.2, 0.25) is 5.02 Å². The smallest absolute Gasteiger partial charge is 0.246 e. The van der Waals surface area contributed by atoms with Gasteiger partial charge in [-0.05, 0) is 42.5 Å². The van der Waals surface area contributed by atoms with Crippen LogP contribution in [0.3, 0.4) is 0 Å². The lowest BCUT2D eigenvalue weighted by molar-refractivity contribution is -0.159. The van der Waals surface area contributed by atoms with Gasteiger partial charge in [0.1, 0.15) is 0 Å². The molecule has 3 N–H and O–H groups in total. The molecule has 1 amide bonds. The van der Waals surface area contributed by atoms with Gasteiger partial charge < -0.3 is 0 Å². The van der Waals surface area contributed by atoms with Crippen LogP contribution in [0.1, 0.15) is 12.1 Å². The zero-order chi connectivity index (χ0) is 21.2. The summed E-state index contributed by atoms with van der Waals surface area (Å²) in [5, 5.41) is 20.1. The summed E-state index contributed by atoms with van der Waals surface area (Å²) >= 11 is 5.98. The molecule has 0 aliphatic carbocycles. The fourth-order valence-electron chi connectivity index (χ4n) is 2.75. The predicted molar refractivity (Wildman–Crippen MR) is 108 cm³/mol. The molecule has 0 radical (unpaired) electrons. The molecule has 0 fully saturated rings. The van der Waals surface area contributed by atoms with Crippen molar-refractivity contribution in [1.29, 1.82) is 0 Å². The number of benzene rings is 2. The summed E-state index contributed by atoms with van der Waals surface area (Å²) in [5.74, 6) is -0.426. The fourth-order valence-corrected chi connectivity index (χ4v) is 3.39. The summed E-state index contributed by atoms with van der Waals surface area (Å²) in [5.41, 5.74) is 2.85. The number of aromatic nitrogens is 2. The molecule has 0 bridgehead atoms. The summed E-state index contributed by atoms with van der Waals surface area (Å²) in [6, 6.07) is 15.0. The van der Waals surface area contributed by atoms with E-state index < -0.39 is 15.9 Å². The van der Waals surface area contributed by atoms with Crippen LogP contribution >= 0.6 is 11.6 Å². The Bertz CT molecular complexity index is 1120. The minimum atomic E-state index is -3.80. The standard InChI is InChI=1S/C19H19ClN4O4S/c1-23(26)19(25)11-6-15-12-18(13-2-4-14(20)5-3-13)24(22-15)16-7-9-17(10-8-16)29(21,27)28/h2-5,7-10,12,26H,6,11H2,1H3,(H2,21,27,28). The normalized spacial score (nSPS) is 11.4. The van der Waals surface area contributed by atoms with Gasteiger partial charge >= 0.3 is 0 Å². The second-order valence-corrected chi connectivity index (χ2v) is 8.39. The Kier molecular flexibility index (Phi) is 6.04. The van der Waals surface area contributed by atoms with Crippen molar-refractivity contribution in [2.24, 2.45) is 5.14 Å². The Morgan fingerprint density at radius 1 is 1.17 bits per heavy atom. The first-order valence-corrected chi connectivity index (χ1v) is 10.5. The lowest BCUT2D eigenvalue weighted by Crippen LogP contribution is -2.22. The average molecular weight is 435 g/mol. The second-order valence-electron chi connectivity index (χ2n) is 6.40. The molecule has 0 aliphatic rings. The predicted octanol–water partition coefficient (Wildman–Crippen LogP) is 2.62. The highest BCUT2D eigenvalue weighted by molar-refractivity contribution is 7.89. The van der Waals surface area contributed by atoms with E-state index in [-0.39, 0.29) is 11.3 Å². The fraction of sp³-hybridized carbons (Fsp3) is 0.158. The molecule has 8 nitrogen and oxygen atoms in total. The van der Waals surface area contributed by atoms with Crippen LogP contribution in [0, 0.1) is 0 Å². The number of hydroxylamine groups is 2. The molecule has 0 aliphatic heterocycles. The van der Waals surface area contributed by atoms with Crippen molar-refractivity contribution in [2.75, 3.05) is 7.05 Å². The van der Waals surface area contributed by atoms with Gasteiger partial charge in [0, 0.05) is 30.5 Å². The van der Waals surface area contributed by atoms with E-state index in [2.05, 4.69) is 5.10 Å². The van der Waals surface area contributed by atoms with Crippen LogP contribution < -0.4 is 5.14 Å². The minimum absolute atomic E-state index is 0.00162. The van der Waals surface area contributed by atoms with E-state index in [4.69, 9.17) is 16.7 Å². The molecule has 0 atom stereocenters. The third-order valence-electron chi connectivity index (χ3n) is 4.27. The molecule has 2 aromatic carbocycles. The van der Waals surface area contributed by atoms with Crippen molar-refractivity contribution in [3.63, 3.8) is 0 Å². The Hall–Kier alpha value is -2.72. The molecule has 152 valence electrons. The monoisotopic (exact) mass is 434 g/mol.